The molecular formula is C12H16O3. The van der Waals surface area contributed by atoms with Crippen LogP contribution in [0.2, 0.25) is 0 Å². The summed E-state index contributed by atoms with van der Waals surface area (Å²) in [5, 5.41) is 0. The van der Waals surface area contributed by atoms with Gasteiger partial charge in [-0.25, -0.2) is 0 Å². The van der Waals surface area contributed by atoms with E-state index in [0.29, 0.717) is 12.4 Å². The maximum atomic E-state index is 5.50. The molecule has 0 amide bonds. The quantitative estimate of drug-likeness (QED) is 0.696. The SMILES string of the molecule is CC=CCOc1ccc(OC)cc1OC. The molecule has 0 N–H and O–H groups in total. The van der Waals surface area contributed by atoms with Crippen molar-refractivity contribution in [1.82, 2.24) is 0 Å². The van der Waals surface area contributed by atoms with Gasteiger partial charge in [0.1, 0.15) is 12.4 Å². The van der Waals surface area contributed by atoms with Crippen molar-refractivity contribution in [2.24, 2.45) is 0 Å². The van der Waals surface area contributed by atoms with Crippen molar-refractivity contribution in [3.05, 3.63) is 30.4 Å². The van der Waals surface area contributed by atoms with E-state index in [1.807, 2.05) is 31.2 Å². The molecule has 0 spiro atoms. The normalized spacial score (nSPS) is 10.3. The molecule has 0 aromatic heterocycles. The molecule has 0 unspecified atom stereocenters. The van der Waals surface area contributed by atoms with Gasteiger partial charge in [0.15, 0.2) is 11.5 Å². The fourth-order valence-electron chi connectivity index (χ4n) is 1.13. The molecule has 0 saturated heterocycles. The van der Waals surface area contributed by atoms with Gasteiger partial charge in [-0.3, -0.25) is 0 Å². The first kappa shape index (κ1) is 11.4. The minimum atomic E-state index is 0.541. The van der Waals surface area contributed by atoms with Gasteiger partial charge in [0.05, 0.1) is 14.2 Å². The first-order valence-electron chi connectivity index (χ1n) is 4.77. The van der Waals surface area contributed by atoms with Crippen LogP contribution in [-0.2, 0) is 0 Å². The third-order valence-electron chi connectivity index (χ3n) is 1.94. The van der Waals surface area contributed by atoms with Crippen LogP contribution in [0.1, 0.15) is 6.92 Å². The number of allylic oxidation sites excluding steroid dienone is 1. The molecule has 0 radical (unpaired) electrons. The van der Waals surface area contributed by atoms with E-state index in [2.05, 4.69) is 0 Å². The summed E-state index contributed by atoms with van der Waals surface area (Å²) in [7, 11) is 3.23. The minimum absolute atomic E-state index is 0.541. The minimum Gasteiger partial charge on any atom is -0.497 e. The van der Waals surface area contributed by atoms with E-state index in [1.165, 1.54) is 0 Å². The highest BCUT2D eigenvalue weighted by atomic mass is 16.5. The second kappa shape index (κ2) is 5.96. The molecule has 15 heavy (non-hydrogen) atoms. The summed E-state index contributed by atoms with van der Waals surface area (Å²) in [6, 6.07) is 5.47. The molecule has 0 atom stereocenters. The predicted octanol–water partition coefficient (Wildman–Crippen LogP) is 2.66. The zero-order valence-corrected chi connectivity index (χ0v) is 9.32. The van der Waals surface area contributed by atoms with Crippen molar-refractivity contribution in [2.45, 2.75) is 6.92 Å². The smallest absolute Gasteiger partial charge is 0.164 e. The Balaban J connectivity index is 2.78. The summed E-state index contributed by atoms with van der Waals surface area (Å²) in [5.41, 5.74) is 0. The number of ether oxygens (including phenoxy) is 3. The van der Waals surface area contributed by atoms with E-state index < -0.39 is 0 Å². The summed E-state index contributed by atoms with van der Waals surface area (Å²) in [4.78, 5) is 0. The van der Waals surface area contributed by atoms with Crippen LogP contribution in [0.25, 0.3) is 0 Å². The highest BCUT2D eigenvalue weighted by Gasteiger charge is 2.04. The number of methoxy groups -OCH3 is 2. The lowest BCUT2D eigenvalue weighted by atomic mass is 10.3. The Hall–Kier alpha value is -1.64. The number of hydrogen-bond acceptors (Lipinski definition) is 3. The second-order valence-electron chi connectivity index (χ2n) is 2.90. The monoisotopic (exact) mass is 208 g/mol. The molecule has 3 heteroatoms. The Morgan fingerprint density at radius 1 is 1.13 bits per heavy atom. The maximum Gasteiger partial charge on any atom is 0.164 e. The van der Waals surface area contributed by atoms with Gasteiger partial charge in [0.25, 0.3) is 0 Å². The van der Waals surface area contributed by atoms with E-state index in [4.69, 9.17) is 14.2 Å². The number of hydrogen-bond donors (Lipinski definition) is 0. The van der Waals surface area contributed by atoms with Gasteiger partial charge in [-0.05, 0) is 19.1 Å². The third kappa shape index (κ3) is 3.20. The molecule has 1 aromatic rings. The van der Waals surface area contributed by atoms with Crippen molar-refractivity contribution in [1.29, 1.82) is 0 Å². The molecule has 0 saturated carbocycles. The Morgan fingerprint density at radius 3 is 2.53 bits per heavy atom. The van der Waals surface area contributed by atoms with Crippen LogP contribution in [-0.4, -0.2) is 20.8 Å². The fraction of sp³-hybridized carbons (Fsp3) is 0.333. The second-order valence-corrected chi connectivity index (χ2v) is 2.90. The highest BCUT2D eigenvalue weighted by molar-refractivity contribution is 5.45. The van der Waals surface area contributed by atoms with Crippen LogP contribution >= 0.6 is 0 Å². The maximum absolute atomic E-state index is 5.50. The van der Waals surface area contributed by atoms with Crippen molar-refractivity contribution in [3.8, 4) is 17.2 Å². The lowest BCUT2D eigenvalue weighted by molar-refractivity contribution is 0.323. The van der Waals surface area contributed by atoms with Gasteiger partial charge < -0.3 is 14.2 Å². The van der Waals surface area contributed by atoms with Gasteiger partial charge in [-0.15, -0.1) is 0 Å². The number of benzene rings is 1. The molecule has 0 aliphatic rings. The average molecular weight is 208 g/mol. The summed E-state index contributed by atoms with van der Waals surface area (Å²) in [6.45, 7) is 2.49. The van der Waals surface area contributed by atoms with Crippen molar-refractivity contribution >= 4 is 0 Å². The first-order valence-corrected chi connectivity index (χ1v) is 4.77. The Kier molecular flexibility index (Phi) is 4.54. The van der Waals surface area contributed by atoms with Gasteiger partial charge in [0.2, 0.25) is 0 Å². The lowest BCUT2D eigenvalue weighted by Crippen LogP contribution is -1.96. The molecule has 1 aromatic carbocycles. The Bertz CT molecular complexity index is 332. The van der Waals surface area contributed by atoms with Crippen molar-refractivity contribution < 1.29 is 14.2 Å². The van der Waals surface area contributed by atoms with E-state index >= 15 is 0 Å². The van der Waals surface area contributed by atoms with Gasteiger partial charge >= 0.3 is 0 Å². The van der Waals surface area contributed by atoms with Gasteiger partial charge in [-0.1, -0.05) is 12.2 Å². The van der Waals surface area contributed by atoms with Crippen LogP contribution in [0.5, 0.6) is 17.2 Å². The lowest BCUT2D eigenvalue weighted by Gasteiger charge is -2.10. The average Bonchev–Trinajstić information content (AvgIpc) is 2.29. The summed E-state index contributed by atoms with van der Waals surface area (Å²) < 4.78 is 15.8. The predicted molar refractivity (Wildman–Crippen MR) is 59.9 cm³/mol. The molecule has 82 valence electrons. The fourth-order valence-corrected chi connectivity index (χ4v) is 1.13. The summed E-state index contributed by atoms with van der Waals surface area (Å²) >= 11 is 0. The molecule has 3 nitrogen and oxygen atoms in total. The van der Waals surface area contributed by atoms with Crippen molar-refractivity contribution in [2.75, 3.05) is 20.8 Å². The van der Waals surface area contributed by atoms with Crippen LogP contribution in [0.15, 0.2) is 30.4 Å². The number of rotatable bonds is 5. The van der Waals surface area contributed by atoms with E-state index in [0.717, 1.165) is 11.5 Å². The molecule has 0 heterocycles. The van der Waals surface area contributed by atoms with Crippen LogP contribution in [0, 0.1) is 0 Å². The Labute approximate surface area is 90.3 Å². The molecule has 0 bridgehead atoms. The first-order chi connectivity index (χ1) is 7.31. The van der Waals surface area contributed by atoms with E-state index in [1.54, 1.807) is 20.3 Å². The standard InChI is InChI=1S/C12H16O3/c1-4-5-8-15-11-7-6-10(13-2)9-12(11)14-3/h4-7,9H,8H2,1-3H3. The van der Waals surface area contributed by atoms with E-state index in [-0.39, 0.29) is 0 Å². The largest absolute Gasteiger partial charge is 0.497 e. The topological polar surface area (TPSA) is 27.7 Å². The van der Waals surface area contributed by atoms with Gasteiger partial charge in [0, 0.05) is 6.07 Å². The third-order valence-corrected chi connectivity index (χ3v) is 1.94. The molecule has 0 aliphatic carbocycles. The summed E-state index contributed by atoms with van der Waals surface area (Å²) in [5.74, 6) is 2.15. The summed E-state index contributed by atoms with van der Waals surface area (Å²) in [6.07, 6.45) is 3.87. The van der Waals surface area contributed by atoms with Crippen molar-refractivity contribution in [3.63, 3.8) is 0 Å². The Morgan fingerprint density at radius 2 is 1.93 bits per heavy atom. The molecule has 1 rings (SSSR count). The molecule has 0 aliphatic heterocycles. The van der Waals surface area contributed by atoms with E-state index in [9.17, 15) is 0 Å². The zero-order valence-electron chi connectivity index (χ0n) is 9.32. The van der Waals surface area contributed by atoms with Gasteiger partial charge in [-0.2, -0.15) is 0 Å². The molecule has 0 fully saturated rings. The van der Waals surface area contributed by atoms with Crippen LogP contribution < -0.4 is 14.2 Å². The zero-order chi connectivity index (χ0) is 11.1. The van der Waals surface area contributed by atoms with Crippen LogP contribution in [0.3, 0.4) is 0 Å². The molecular weight excluding hydrogens is 192 g/mol. The van der Waals surface area contributed by atoms with Crippen LogP contribution in [0.4, 0.5) is 0 Å². The highest BCUT2D eigenvalue weighted by Crippen LogP contribution is 2.30.